The van der Waals surface area contributed by atoms with Gasteiger partial charge < -0.3 is 0 Å². The van der Waals surface area contributed by atoms with Crippen molar-refractivity contribution >= 4 is 106 Å². The van der Waals surface area contributed by atoms with Gasteiger partial charge in [0, 0.05) is 0 Å². The molecule has 5 rings (SSSR count). The van der Waals surface area contributed by atoms with Gasteiger partial charge in [-0.15, -0.1) is 0 Å². The van der Waals surface area contributed by atoms with E-state index < -0.39 is 18.3 Å². The Morgan fingerprint density at radius 3 is 0.884 bits per heavy atom. The van der Waals surface area contributed by atoms with Gasteiger partial charge >= 0.3 is 294 Å². The van der Waals surface area contributed by atoms with Crippen LogP contribution in [0, 0.1) is 0 Å². The average Bonchev–Trinajstić information content (AvgIpc) is 3.43. The summed E-state index contributed by atoms with van der Waals surface area (Å²) >= 11 is 52.9. The van der Waals surface area contributed by atoms with Crippen molar-refractivity contribution in [1.29, 1.82) is 0 Å². The molecule has 1 spiro atoms. The van der Waals surface area contributed by atoms with Crippen molar-refractivity contribution in [2.45, 2.75) is 78.6 Å². The van der Waals surface area contributed by atoms with E-state index in [1.54, 1.807) is 0 Å². The molecule has 2 heterocycles. The van der Waals surface area contributed by atoms with Gasteiger partial charge in [0.05, 0.1) is 0 Å². The van der Waals surface area contributed by atoms with Gasteiger partial charge in [0.15, 0.2) is 0 Å². The molecule has 0 N–H and O–H groups in total. The third-order valence-corrected chi connectivity index (χ3v) is 14.1. The summed E-state index contributed by atoms with van der Waals surface area (Å²) < 4.78 is 27.4. The van der Waals surface area contributed by atoms with Crippen molar-refractivity contribution in [3.05, 3.63) is 69.0 Å². The van der Waals surface area contributed by atoms with E-state index in [-0.39, 0.29) is 68.6 Å². The topological polar surface area (TPSA) is 36.9 Å². The molecule has 234 valence electrons. The van der Waals surface area contributed by atoms with Crippen molar-refractivity contribution in [2.24, 2.45) is 0 Å². The zero-order valence-electron chi connectivity index (χ0n) is 24.8. The van der Waals surface area contributed by atoms with Gasteiger partial charge in [-0.2, -0.15) is 0 Å². The van der Waals surface area contributed by atoms with E-state index in [2.05, 4.69) is 74.4 Å². The summed E-state index contributed by atoms with van der Waals surface area (Å²) in [6, 6.07) is 4.23. The van der Waals surface area contributed by atoms with E-state index in [4.69, 9.17) is 111 Å². The van der Waals surface area contributed by atoms with Crippen LogP contribution < -0.4 is 23.4 Å². The first-order chi connectivity index (χ1) is 19.4. The standard InChI is InChI=1S/C30H29Cl8O4P/c1-28(2,3)12-10-13(29(4,5)6)27(14(11-12)30(7,8)9)43(39-23-19(35)15(31)16(32)20(36)24(23)40-43)41-25-21(37)17(33)18(34)22(38)26(25)42-43/h10-11H,1-9H3. The Morgan fingerprint density at radius 1 is 0.419 bits per heavy atom. The summed E-state index contributed by atoms with van der Waals surface area (Å²) in [5.41, 5.74) is 1.52. The maximum absolute atomic E-state index is 6.85. The van der Waals surface area contributed by atoms with Crippen molar-refractivity contribution < 1.29 is 18.1 Å². The van der Waals surface area contributed by atoms with Crippen LogP contribution in [0.4, 0.5) is 0 Å². The number of fused-ring (bicyclic) bond motifs is 2. The van der Waals surface area contributed by atoms with Gasteiger partial charge in [-0.1, -0.05) is 0 Å². The molecule has 0 radical (unpaired) electrons. The van der Waals surface area contributed by atoms with Gasteiger partial charge in [0.1, 0.15) is 0 Å². The first-order valence-corrected chi connectivity index (χ1v) is 18.1. The Hall–Kier alpha value is -0.390. The van der Waals surface area contributed by atoms with Crippen LogP contribution in [0.5, 0.6) is 23.0 Å². The molecule has 0 aliphatic carbocycles. The molecule has 13 heteroatoms. The molecule has 0 fully saturated rings. The number of halogens is 8. The number of rotatable bonds is 1. The number of benzene rings is 3. The molecule has 2 aliphatic rings. The van der Waals surface area contributed by atoms with Crippen molar-refractivity contribution in [3.8, 4) is 23.0 Å². The van der Waals surface area contributed by atoms with Gasteiger partial charge in [-0.3, -0.25) is 0 Å². The van der Waals surface area contributed by atoms with Gasteiger partial charge in [-0.05, 0) is 0 Å². The first-order valence-electron chi connectivity index (χ1n) is 13.2. The molecule has 0 atom stereocenters. The molecular formula is C30H29Cl8O4P. The monoisotopic (exact) mass is 764 g/mol. The fourth-order valence-corrected chi connectivity index (χ4v) is 11.2. The molecule has 3 aromatic rings. The molecule has 0 aromatic heterocycles. The van der Waals surface area contributed by atoms with Crippen molar-refractivity contribution in [1.82, 2.24) is 0 Å². The summed E-state index contributed by atoms with van der Waals surface area (Å²) in [7, 11) is -5.22. The van der Waals surface area contributed by atoms with Crippen LogP contribution >= 0.6 is 100 Å². The zero-order chi connectivity index (χ0) is 32.4. The van der Waals surface area contributed by atoms with E-state index >= 15 is 0 Å². The van der Waals surface area contributed by atoms with Crippen LogP contribution in [0.1, 0.15) is 79.0 Å². The Kier molecular flexibility index (Phi) is 8.14. The second-order valence-electron chi connectivity index (χ2n) is 13.7. The minimum absolute atomic E-state index is 0.00408. The van der Waals surface area contributed by atoms with Crippen LogP contribution in [0.25, 0.3) is 0 Å². The SMILES string of the molecule is CC(C)(C)c1cc(C(C)(C)C)c(P23(Oc4c(Cl)c(Cl)c(Cl)c(Cl)c4O2)Oc2c(Cl)c(Cl)c(Cl)c(Cl)c2O3)c(C(C)(C)C)c1. The molecule has 0 unspecified atom stereocenters. The summed E-state index contributed by atoms with van der Waals surface area (Å²) in [5, 5.41) is 0.271. The van der Waals surface area contributed by atoms with Gasteiger partial charge in [0.25, 0.3) is 0 Å². The summed E-state index contributed by atoms with van der Waals surface area (Å²) in [4.78, 5) is 0. The zero-order valence-corrected chi connectivity index (χ0v) is 31.7. The molecule has 0 saturated carbocycles. The third-order valence-electron chi connectivity index (χ3n) is 7.32. The number of hydrogen-bond donors (Lipinski definition) is 0. The Labute approximate surface area is 292 Å². The molecule has 0 bridgehead atoms. The maximum atomic E-state index is 6.85. The van der Waals surface area contributed by atoms with Crippen LogP contribution in [0.3, 0.4) is 0 Å². The second kappa shape index (κ2) is 10.3. The van der Waals surface area contributed by atoms with Crippen LogP contribution in [0.2, 0.25) is 40.2 Å². The Morgan fingerprint density at radius 2 is 0.674 bits per heavy atom. The van der Waals surface area contributed by atoms with Crippen LogP contribution in [-0.4, -0.2) is 0 Å². The van der Waals surface area contributed by atoms with Crippen LogP contribution in [0.15, 0.2) is 12.1 Å². The summed E-state index contributed by atoms with van der Waals surface area (Å²) in [6.07, 6.45) is 0. The predicted molar refractivity (Wildman–Crippen MR) is 185 cm³/mol. The van der Waals surface area contributed by atoms with E-state index in [9.17, 15) is 0 Å². The van der Waals surface area contributed by atoms with Gasteiger partial charge in [0.2, 0.25) is 0 Å². The molecule has 0 amide bonds. The normalized spacial score (nSPS) is 17.7. The van der Waals surface area contributed by atoms with E-state index in [0.717, 1.165) is 16.7 Å². The quantitative estimate of drug-likeness (QED) is 0.140. The molecule has 43 heavy (non-hydrogen) atoms. The minimum atomic E-state index is -5.22. The Bertz CT molecular complexity index is 1540. The van der Waals surface area contributed by atoms with Gasteiger partial charge in [-0.25, -0.2) is 0 Å². The fourth-order valence-electron chi connectivity index (χ4n) is 5.04. The second-order valence-corrected chi connectivity index (χ2v) is 19.5. The summed E-state index contributed by atoms with van der Waals surface area (Å²) in [6.45, 7) is 18.9. The molecule has 2 aliphatic heterocycles. The van der Waals surface area contributed by atoms with E-state index in [0.29, 0.717) is 5.30 Å². The molecule has 0 saturated heterocycles. The van der Waals surface area contributed by atoms with E-state index in [1.165, 1.54) is 0 Å². The van der Waals surface area contributed by atoms with Crippen molar-refractivity contribution in [2.75, 3.05) is 0 Å². The number of hydrogen-bond acceptors (Lipinski definition) is 4. The van der Waals surface area contributed by atoms with Crippen LogP contribution in [-0.2, 0) is 16.2 Å². The predicted octanol–water partition coefficient (Wildman–Crippen LogP) is 13.6. The fraction of sp³-hybridized carbons (Fsp3) is 0.400. The third kappa shape index (κ3) is 5.06. The molecule has 3 aromatic carbocycles. The van der Waals surface area contributed by atoms with E-state index in [1.807, 2.05) is 0 Å². The summed E-state index contributed by atoms with van der Waals surface area (Å²) in [5.74, 6) is -0.0163. The van der Waals surface area contributed by atoms with Crippen molar-refractivity contribution in [3.63, 3.8) is 0 Å². The molecule has 4 nitrogen and oxygen atoms in total. The molecular weight excluding hydrogens is 739 g/mol. The first kappa shape index (κ1) is 34.0. The Balaban J connectivity index is 2.02. The average molecular weight is 768 g/mol.